The summed E-state index contributed by atoms with van der Waals surface area (Å²) >= 11 is 0. The number of nitrogens with zero attached hydrogens (tertiary/aromatic N) is 1. The number of hydrogen-bond donors (Lipinski definition) is 1. The van der Waals surface area contributed by atoms with E-state index in [1.165, 1.54) is 0 Å². The number of ether oxygens (including phenoxy) is 2. The average Bonchev–Trinajstić information content (AvgIpc) is 2.79. The Morgan fingerprint density at radius 1 is 0.967 bits per heavy atom. The highest BCUT2D eigenvalue weighted by Crippen LogP contribution is 2.28. The molecule has 1 aromatic heterocycles. The van der Waals surface area contributed by atoms with Crippen molar-refractivity contribution in [2.75, 3.05) is 13.7 Å². The number of carbonyl (C=O) groups is 1. The lowest BCUT2D eigenvalue weighted by molar-refractivity contribution is 0.0952. The zero-order valence-electron chi connectivity index (χ0n) is 17.0. The molecule has 0 bridgehead atoms. The number of aromatic nitrogens is 1. The van der Waals surface area contributed by atoms with Gasteiger partial charge in [0.1, 0.15) is 6.61 Å². The molecule has 0 aliphatic heterocycles. The molecule has 0 radical (unpaired) electrons. The van der Waals surface area contributed by atoms with Crippen LogP contribution in [0.5, 0.6) is 11.5 Å². The summed E-state index contributed by atoms with van der Waals surface area (Å²) in [6.45, 7) is 1.60. The van der Waals surface area contributed by atoms with Gasteiger partial charge in [0.2, 0.25) is 5.56 Å². The third kappa shape index (κ3) is 5.98. The van der Waals surface area contributed by atoms with Gasteiger partial charge in [-0.3, -0.25) is 9.59 Å². The van der Waals surface area contributed by atoms with Crippen LogP contribution in [0.2, 0.25) is 0 Å². The van der Waals surface area contributed by atoms with Gasteiger partial charge in [-0.05, 0) is 42.7 Å². The van der Waals surface area contributed by atoms with Crippen LogP contribution in [0.1, 0.15) is 28.8 Å². The highest BCUT2D eigenvalue weighted by molar-refractivity contribution is 5.94. The molecular formula is C24H26N2O4. The third-order valence-electron chi connectivity index (χ3n) is 4.67. The fraction of sp³-hybridized carbons (Fsp3) is 0.250. The molecule has 0 saturated heterocycles. The van der Waals surface area contributed by atoms with Crippen LogP contribution in [0.3, 0.4) is 0 Å². The zero-order valence-corrected chi connectivity index (χ0v) is 17.0. The number of pyridine rings is 1. The van der Waals surface area contributed by atoms with Crippen molar-refractivity contribution in [3.05, 3.63) is 94.4 Å². The minimum Gasteiger partial charge on any atom is -0.493 e. The number of hydrogen-bond acceptors (Lipinski definition) is 4. The first-order valence-electron chi connectivity index (χ1n) is 9.96. The standard InChI is InChI=1S/C24H26N2O4/c1-29-22-17-20(12-13-21(22)30-18-19-9-3-2-4-10-19)24(28)25-14-6-8-16-26-15-7-5-11-23(26)27/h2-5,7,9-13,15,17H,6,8,14,16,18H2,1H3,(H,25,28). The van der Waals surface area contributed by atoms with Crippen LogP contribution in [-0.2, 0) is 13.2 Å². The molecule has 0 spiro atoms. The lowest BCUT2D eigenvalue weighted by Gasteiger charge is -2.12. The highest BCUT2D eigenvalue weighted by atomic mass is 16.5. The van der Waals surface area contributed by atoms with E-state index in [0.29, 0.717) is 36.8 Å². The van der Waals surface area contributed by atoms with Crippen molar-refractivity contribution in [3.8, 4) is 11.5 Å². The van der Waals surface area contributed by atoms with Gasteiger partial charge < -0.3 is 19.4 Å². The number of rotatable bonds is 10. The zero-order chi connectivity index (χ0) is 21.2. The molecule has 30 heavy (non-hydrogen) atoms. The van der Waals surface area contributed by atoms with Crippen LogP contribution in [0, 0.1) is 0 Å². The van der Waals surface area contributed by atoms with Gasteiger partial charge in [0.05, 0.1) is 7.11 Å². The Bertz CT molecular complexity index is 1010. The number of methoxy groups -OCH3 is 1. The quantitative estimate of drug-likeness (QED) is 0.522. The maximum Gasteiger partial charge on any atom is 0.251 e. The van der Waals surface area contributed by atoms with Gasteiger partial charge in [0.15, 0.2) is 11.5 Å². The molecule has 1 N–H and O–H groups in total. The molecule has 1 heterocycles. The first-order valence-corrected chi connectivity index (χ1v) is 9.96. The summed E-state index contributed by atoms with van der Waals surface area (Å²) in [7, 11) is 1.55. The molecule has 2 aromatic carbocycles. The van der Waals surface area contributed by atoms with Gasteiger partial charge in [0.25, 0.3) is 5.91 Å². The van der Waals surface area contributed by atoms with Crippen LogP contribution in [0.4, 0.5) is 0 Å². The van der Waals surface area contributed by atoms with E-state index in [1.54, 1.807) is 48.2 Å². The van der Waals surface area contributed by atoms with E-state index in [1.807, 2.05) is 36.4 Å². The molecule has 1 amide bonds. The smallest absolute Gasteiger partial charge is 0.251 e. The highest BCUT2D eigenvalue weighted by Gasteiger charge is 2.11. The van der Waals surface area contributed by atoms with E-state index in [-0.39, 0.29) is 11.5 Å². The molecule has 0 fully saturated rings. The number of unbranched alkanes of at least 4 members (excludes halogenated alkanes) is 1. The van der Waals surface area contributed by atoms with E-state index < -0.39 is 0 Å². The Kier molecular flexibility index (Phi) is 7.66. The fourth-order valence-electron chi connectivity index (χ4n) is 3.02. The summed E-state index contributed by atoms with van der Waals surface area (Å²) < 4.78 is 12.9. The predicted molar refractivity (Wildman–Crippen MR) is 116 cm³/mol. The van der Waals surface area contributed by atoms with Crippen LogP contribution >= 0.6 is 0 Å². The third-order valence-corrected chi connectivity index (χ3v) is 4.67. The van der Waals surface area contributed by atoms with Gasteiger partial charge in [-0.25, -0.2) is 0 Å². The molecule has 6 nitrogen and oxygen atoms in total. The van der Waals surface area contributed by atoms with Gasteiger partial charge in [0, 0.05) is 30.9 Å². The van der Waals surface area contributed by atoms with Gasteiger partial charge in [-0.15, -0.1) is 0 Å². The summed E-state index contributed by atoms with van der Waals surface area (Å²) in [5.41, 5.74) is 1.56. The van der Waals surface area contributed by atoms with E-state index in [4.69, 9.17) is 9.47 Å². The molecule has 0 aliphatic rings. The number of aryl methyl sites for hydroxylation is 1. The molecule has 0 unspecified atom stereocenters. The maximum atomic E-state index is 12.4. The second-order valence-corrected chi connectivity index (χ2v) is 6.84. The second kappa shape index (κ2) is 10.9. The number of nitrogens with one attached hydrogen (secondary N) is 1. The Balaban J connectivity index is 1.48. The monoisotopic (exact) mass is 406 g/mol. The fourth-order valence-corrected chi connectivity index (χ4v) is 3.02. The largest absolute Gasteiger partial charge is 0.493 e. The van der Waals surface area contributed by atoms with Crippen LogP contribution in [0.15, 0.2) is 77.7 Å². The first kappa shape index (κ1) is 21.2. The van der Waals surface area contributed by atoms with Gasteiger partial charge in [-0.1, -0.05) is 36.4 Å². The van der Waals surface area contributed by atoms with E-state index >= 15 is 0 Å². The Hall–Kier alpha value is -3.54. The molecule has 6 heteroatoms. The molecular weight excluding hydrogens is 380 g/mol. The van der Waals surface area contributed by atoms with E-state index in [2.05, 4.69) is 5.32 Å². The van der Waals surface area contributed by atoms with Gasteiger partial charge >= 0.3 is 0 Å². The van der Waals surface area contributed by atoms with Crippen molar-refractivity contribution in [1.29, 1.82) is 0 Å². The molecule has 3 aromatic rings. The first-order chi connectivity index (χ1) is 14.7. The van der Waals surface area contributed by atoms with Crippen molar-refractivity contribution in [1.82, 2.24) is 9.88 Å². The molecule has 0 saturated carbocycles. The van der Waals surface area contributed by atoms with Crippen molar-refractivity contribution < 1.29 is 14.3 Å². The number of carbonyl (C=O) groups excluding carboxylic acids is 1. The second-order valence-electron chi connectivity index (χ2n) is 6.84. The van der Waals surface area contributed by atoms with Crippen molar-refractivity contribution in [2.45, 2.75) is 26.0 Å². The van der Waals surface area contributed by atoms with Crippen molar-refractivity contribution in [3.63, 3.8) is 0 Å². The summed E-state index contributed by atoms with van der Waals surface area (Å²) in [6, 6.07) is 20.1. The summed E-state index contributed by atoms with van der Waals surface area (Å²) in [5.74, 6) is 0.938. The summed E-state index contributed by atoms with van der Waals surface area (Å²) in [4.78, 5) is 24.1. The number of benzene rings is 2. The summed E-state index contributed by atoms with van der Waals surface area (Å²) in [5, 5.41) is 2.91. The molecule has 3 rings (SSSR count). The number of amides is 1. The normalized spacial score (nSPS) is 10.4. The SMILES string of the molecule is COc1cc(C(=O)NCCCCn2ccccc2=O)ccc1OCc1ccccc1. The molecule has 0 aliphatic carbocycles. The molecule has 156 valence electrons. The van der Waals surface area contributed by atoms with Crippen molar-refractivity contribution in [2.24, 2.45) is 0 Å². The maximum absolute atomic E-state index is 12.4. The van der Waals surface area contributed by atoms with E-state index in [0.717, 1.165) is 18.4 Å². The van der Waals surface area contributed by atoms with Crippen molar-refractivity contribution >= 4 is 5.91 Å². The summed E-state index contributed by atoms with van der Waals surface area (Å²) in [6.07, 6.45) is 3.36. The minimum absolute atomic E-state index is 0.0109. The van der Waals surface area contributed by atoms with E-state index in [9.17, 15) is 9.59 Å². The Morgan fingerprint density at radius 3 is 2.53 bits per heavy atom. The Labute approximate surface area is 176 Å². The van der Waals surface area contributed by atoms with Crippen LogP contribution in [-0.4, -0.2) is 24.1 Å². The van der Waals surface area contributed by atoms with Gasteiger partial charge in [-0.2, -0.15) is 0 Å². The lowest BCUT2D eigenvalue weighted by atomic mass is 10.1. The van der Waals surface area contributed by atoms with Crippen LogP contribution < -0.4 is 20.3 Å². The Morgan fingerprint density at radius 2 is 1.77 bits per heavy atom. The average molecular weight is 406 g/mol. The molecule has 0 atom stereocenters. The van der Waals surface area contributed by atoms with Crippen LogP contribution in [0.25, 0.3) is 0 Å². The lowest BCUT2D eigenvalue weighted by Crippen LogP contribution is -2.25. The minimum atomic E-state index is -0.167. The topological polar surface area (TPSA) is 69.6 Å². The predicted octanol–water partition coefficient (Wildman–Crippen LogP) is 3.65.